The molecule has 1 aromatic rings. The number of carbonyl (C=O) groups excluding carboxylic acids is 1. The predicted molar refractivity (Wildman–Crippen MR) is 76.2 cm³/mol. The molecule has 108 valence electrons. The molecule has 2 rings (SSSR count). The number of oxime groups is 1. The van der Waals surface area contributed by atoms with Crippen LogP contribution < -0.4 is 5.73 Å². The summed E-state index contributed by atoms with van der Waals surface area (Å²) in [5, 5.41) is 11.4. The summed E-state index contributed by atoms with van der Waals surface area (Å²) in [4.78, 5) is 14.1. The third-order valence-corrected chi connectivity index (χ3v) is 3.84. The van der Waals surface area contributed by atoms with Gasteiger partial charge in [-0.3, -0.25) is 4.79 Å². The number of nitrogens with zero attached hydrogens (tertiary/aromatic N) is 2. The molecule has 1 aliphatic rings. The molecule has 1 aromatic carbocycles. The number of nitrogens with two attached hydrogens (primary N) is 1. The first-order valence-electron chi connectivity index (χ1n) is 6.25. The summed E-state index contributed by atoms with van der Waals surface area (Å²) >= 11 is 3.26. The molecule has 0 atom stereocenters. The monoisotopic (exact) mass is 343 g/mol. The summed E-state index contributed by atoms with van der Waals surface area (Å²) in [7, 11) is 0. The van der Waals surface area contributed by atoms with E-state index in [0.717, 1.165) is 12.8 Å². The standard InChI is InChI=1S/C13H15BrFN3O2/c14-11-4-1-8(15)7-10(11)13(19)18(9-2-3-9)6-5-12(16)17-20/h1,4,7,9,20H,2-3,5-6H2,(H2,16,17). The second kappa shape index (κ2) is 6.21. The fraction of sp³-hybridized carbons (Fsp3) is 0.385. The molecule has 1 aliphatic carbocycles. The van der Waals surface area contributed by atoms with Crippen LogP contribution in [-0.2, 0) is 0 Å². The lowest BCUT2D eigenvalue weighted by Gasteiger charge is -2.22. The fourth-order valence-corrected chi connectivity index (χ4v) is 2.35. The highest BCUT2D eigenvalue weighted by Gasteiger charge is 2.33. The van der Waals surface area contributed by atoms with E-state index in [2.05, 4.69) is 21.1 Å². The van der Waals surface area contributed by atoms with Crippen LogP contribution in [0.2, 0.25) is 0 Å². The minimum absolute atomic E-state index is 0.0711. The molecule has 0 saturated heterocycles. The van der Waals surface area contributed by atoms with Gasteiger partial charge in [0, 0.05) is 23.5 Å². The van der Waals surface area contributed by atoms with Gasteiger partial charge >= 0.3 is 0 Å². The molecule has 0 radical (unpaired) electrons. The molecule has 3 N–H and O–H groups in total. The van der Waals surface area contributed by atoms with Crippen molar-refractivity contribution in [3.8, 4) is 0 Å². The average molecular weight is 344 g/mol. The summed E-state index contributed by atoms with van der Waals surface area (Å²) in [6, 6.07) is 4.17. The highest BCUT2D eigenvalue weighted by atomic mass is 79.9. The molecular formula is C13H15BrFN3O2. The van der Waals surface area contributed by atoms with Crippen molar-refractivity contribution in [2.75, 3.05) is 6.54 Å². The van der Waals surface area contributed by atoms with Crippen molar-refractivity contribution in [3.05, 3.63) is 34.1 Å². The van der Waals surface area contributed by atoms with Gasteiger partial charge in [-0.15, -0.1) is 0 Å². The Kier molecular flexibility index (Phi) is 4.59. The van der Waals surface area contributed by atoms with Crippen LogP contribution >= 0.6 is 15.9 Å². The number of hydrogen-bond donors (Lipinski definition) is 2. The van der Waals surface area contributed by atoms with E-state index in [1.807, 2.05) is 0 Å². The minimum Gasteiger partial charge on any atom is -0.409 e. The Labute approximate surface area is 124 Å². The third kappa shape index (κ3) is 3.47. The van der Waals surface area contributed by atoms with Gasteiger partial charge in [0.25, 0.3) is 5.91 Å². The lowest BCUT2D eigenvalue weighted by atomic mass is 10.2. The van der Waals surface area contributed by atoms with Crippen molar-refractivity contribution in [2.45, 2.75) is 25.3 Å². The van der Waals surface area contributed by atoms with Gasteiger partial charge in [-0.2, -0.15) is 0 Å². The van der Waals surface area contributed by atoms with Crippen LogP contribution in [0.25, 0.3) is 0 Å². The molecule has 1 saturated carbocycles. The Bertz CT molecular complexity index is 546. The van der Waals surface area contributed by atoms with Crippen LogP contribution in [0.15, 0.2) is 27.8 Å². The maximum absolute atomic E-state index is 13.3. The van der Waals surface area contributed by atoms with Crippen LogP contribution in [0.1, 0.15) is 29.6 Å². The maximum Gasteiger partial charge on any atom is 0.255 e. The molecule has 0 heterocycles. The maximum atomic E-state index is 13.3. The molecule has 0 unspecified atom stereocenters. The number of carbonyl (C=O) groups is 1. The smallest absolute Gasteiger partial charge is 0.255 e. The van der Waals surface area contributed by atoms with Gasteiger partial charge in [0.15, 0.2) is 0 Å². The van der Waals surface area contributed by atoms with Crippen molar-refractivity contribution in [2.24, 2.45) is 10.9 Å². The van der Waals surface area contributed by atoms with Crippen molar-refractivity contribution in [1.29, 1.82) is 0 Å². The molecule has 5 nitrogen and oxygen atoms in total. The minimum atomic E-state index is -0.455. The van der Waals surface area contributed by atoms with E-state index in [4.69, 9.17) is 10.9 Å². The zero-order chi connectivity index (χ0) is 14.7. The van der Waals surface area contributed by atoms with E-state index in [-0.39, 0.29) is 29.8 Å². The quantitative estimate of drug-likeness (QED) is 0.372. The molecule has 20 heavy (non-hydrogen) atoms. The first kappa shape index (κ1) is 14.8. The Balaban J connectivity index is 2.16. The first-order chi connectivity index (χ1) is 9.52. The van der Waals surface area contributed by atoms with Crippen molar-refractivity contribution in [3.63, 3.8) is 0 Å². The summed E-state index contributed by atoms with van der Waals surface area (Å²) in [6.07, 6.45) is 2.13. The highest BCUT2D eigenvalue weighted by Crippen LogP contribution is 2.30. The summed E-state index contributed by atoms with van der Waals surface area (Å²) < 4.78 is 13.8. The highest BCUT2D eigenvalue weighted by molar-refractivity contribution is 9.10. The Hall–Kier alpha value is -1.63. The Morgan fingerprint density at radius 3 is 2.85 bits per heavy atom. The number of hydrogen-bond acceptors (Lipinski definition) is 3. The summed E-state index contributed by atoms with van der Waals surface area (Å²) in [6.45, 7) is 0.350. The molecular weight excluding hydrogens is 329 g/mol. The van der Waals surface area contributed by atoms with E-state index in [0.29, 0.717) is 11.0 Å². The molecule has 0 spiro atoms. The van der Waals surface area contributed by atoms with Gasteiger partial charge in [-0.25, -0.2) is 4.39 Å². The SMILES string of the molecule is NC(CCN(C(=O)c1cc(F)ccc1Br)C1CC1)=NO. The second-order valence-corrected chi connectivity index (χ2v) is 5.55. The van der Waals surface area contributed by atoms with Crippen LogP contribution in [0, 0.1) is 5.82 Å². The fourth-order valence-electron chi connectivity index (χ4n) is 1.94. The van der Waals surface area contributed by atoms with Crippen molar-refractivity contribution in [1.82, 2.24) is 4.90 Å². The van der Waals surface area contributed by atoms with Gasteiger partial charge in [0.1, 0.15) is 11.7 Å². The second-order valence-electron chi connectivity index (χ2n) is 4.70. The molecule has 1 fully saturated rings. The lowest BCUT2D eigenvalue weighted by molar-refractivity contribution is 0.0746. The zero-order valence-corrected chi connectivity index (χ0v) is 12.3. The number of halogens is 2. The van der Waals surface area contributed by atoms with Gasteiger partial charge in [0.05, 0.1) is 5.56 Å². The third-order valence-electron chi connectivity index (χ3n) is 3.14. The van der Waals surface area contributed by atoms with Crippen molar-refractivity contribution < 1.29 is 14.4 Å². The van der Waals surface area contributed by atoms with Crippen LogP contribution in [0.4, 0.5) is 4.39 Å². The molecule has 0 aromatic heterocycles. The number of amides is 1. The normalized spacial score (nSPS) is 15.2. The van der Waals surface area contributed by atoms with E-state index >= 15 is 0 Å². The predicted octanol–water partition coefficient (Wildman–Crippen LogP) is 2.33. The molecule has 0 aliphatic heterocycles. The van der Waals surface area contributed by atoms with E-state index in [1.165, 1.54) is 18.2 Å². The van der Waals surface area contributed by atoms with Gasteiger partial charge in [-0.05, 0) is 47.0 Å². The largest absolute Gasteiger partial charge is 0.409 e. The van der Waals surface area contributed by atoms with Crippen LogP contribution in [-0.4, -0.2) is 34.4 Å². The van der Waals surface area contributed by atoms with Gasteiger partial charge < -0.3 is 15.8 Å². The van der Waals surface area contributed by atoms with E-state index in [9.17, 15) is 9.18 Å². The Morgan fingerprint density at radius 2 is 2.25 bits per heavy atom. The molecule has 1 amide bonds. The summed E-state index contributed by atoms with van der Waals surface area (Å²) in [5.74, 6) is -0.630. The topological polar surface area (TPSA) is 78.9 Å². The van der Waals surface area contributed by atoms with Crippen molar-refractivity contribution >= 4 is 27.7 Å². The lowest BCUT2D eigenvalue weighted by Crippen LogP contribution is -2.36. The Morgan fingerprint density at radius 1 is 1.55 bits per heavy atom. The van der Waals surface area contributed by atoms with Crippen LogP contribution in [0.3, 0.4) is 0 Å². The average Bonchev–Trinajstić information content (AvgIpc) is 3.25. The molecule has 0 bridgehead atoms. The first-order valence-corrected chi connectivity index (χ1v) is 7.04. The van der Waals surface area contributed by atoms with E-state index in [1.54, 1.807) is 4.90 Å². The van der Waals surface area contributed by atoms with Gasteiger partial charge in [0.2, 0.25) is 0 Å². The van der Waals surface area contributed by atoms with E-state index < -0.39 is 5.82 Å². The number of amidine groups is 1. The van der Waals surface area contributed by atoms with Gasteiger partial charge in [-0.1, -0.05) is 5.16 Å². The zero-order valence-electron chi connectivity index (χ0n) is 10.7. The number of benzene rings is 1. The van der Waals surface area contributed by atoms with Crippen LogP contribution in [0.5, 0.6) is 0 Å². The molecule has 7 heteroatoms. The number of rotatable bonds is 5. The summed E-state index contributed by atoms with van der Waals surface area (Å²) in [5.41, 5.74) is 5.72.